The molecule has 6 rings (SSSR count). The second-order valence-corrected chi connectivity index (χ2v) is 12.3. The fourth-order valence-electron chi connectivity index (χ4n) is 6.92. The van der Waals surface area contributed by atoms with Gasteiger partial charge in [0.2, 0.25) is 0 Å². The summed E-state index contributed by atoms with van der Waals surface area (Å²) in [5, 5.41) is 9.02. The standard InChI is InChI=1S/C35H40N4O4/c40-30(41)21-18-25-16-19-29(20-17-25)32-36-33-31(37(32)22-26-10-4-1-5-11-26)34(42)39(24-28-14-8-3-9-15-28)35(43)38(33)23-27-12-6-2-7-13-27/h1,4-5,10-11,16-21,27-28H,2-3,6-9,12-15,22-24H2,(H,40,41)/b21-18+. The number of carboxylic acids is 1. The van der Waals surface area contributed by atoms with Gasteiger partial charge in [-0.05, 0) is 54.7 Å². The van der Waals surface area contributed by atoms with E-state index in [1.54, 1.807) is 10.6 Å². The van der Waals surface area contributed by atoms with Gasteiger partial charge in [0.15, 0.2) is 11.2 Å². The van der Waals surface area contributed by atoms with Crippen molar-refractivity contribution in [3.05, 3.63) is 92.6 Å². The zero-order chi connectivity index (χ0) is 29.8. The zero-order valence-electron chi connectivity index (χ0n) is 24.7. The van der Waals surface area contributed by atoms with Crippen LogP contribution in [0.1, 0.15) is 75.3 Å². The third kappa shape index (κ3) is 6.43. The van der Waals surface area contributed by atoms with Crippen molar-refractivity contribution < 1.29 is 9.90 Å². The van der Waals surface area contributed by atoms with Crippen molar-refractivity contribution in [1.82, 2.24) is 18.7 Å². The molecule has 4 aromatic rings. The Balaban J connectivity index is 1.54. The summed E-state index contributed by atoms with van der Waals surface area (Å²) in [4.78, 5) is 44.6. The number of fused-ring (bicyclic) bond motifs is 1. The van der Waals surface area contributed by atoms with Crippen LogP contribution in [0.5, 0.6) is 0 Å². The average Bonchev–Trinajstić information content (AvgIpc) is 3.41. The van der Waals surface area contributed by atoms with Crippen LogP contribution in [-0.4, -0.2) is 29.8 Å². The van der Waals surface area contributed by atoms with Crippen LogP contribution in [0.4, 0.5) is 0 Å². The molecule has 43 heavy (non-hydrogen) atoms. The first-order chi connectivity index (χ1) is 21.0. The van der Waals surface area contributed by atoms with Crippen molar-refractivity contribution in [3.8, 4) is 11.4 Å². The van der Waals surface area contributed by atoms with Crippen LogP contribution in [0.25, 0.3) is 28.6 Å². The Labute approximate surface area is 251 Å². The van der Waals surface area contributed by atoms with E-state index in [-0.39, 0.29) is 11.2 Å². The molecule has 8 heteroatoms. The van der Waals surface area contributed by atoms with E-state index >= 15 is 0 Å². The maximum absolute atomic E-state index is 14.4. The Morgan fingerprint density at radius 3 is 2.00 bits per heavy atom. The summed E-state index contributed by atoms with van der Waals surface area (Å²) in [5.41, 5.74) is 3.02. The summed E-state index contributed by atoms with van der Waals surface area (Å²) in [6, 6.07) is 17.5. The van der Waals surface area contributed by atoms with Crippen LogP contribution < -0.4 is 11.2 Å². The number of rotatable bonds is 9. The van der Waals surface area contributed by atoms with E-state index < -0.39 is 5.97 Å². The van der Waals surface area contributed by atoms with Crippen molar-refractivity contribution in [2.24, 2.45) is 11.8 Å². The van der Waals surface area contributed by atoms with Gasteiger partial charge in [0.25, 0.3) is 5.56 Å². The highest BCUT2D eigenvalue weighted by atomic mass is 16.4. The Hall–Kier alpha value is -4.20. The third-order valence-electron chi connectivity index (χ3n) is 9.22. The van der Waals surface area contributed by atoms with Crippen LogP contribution >= 0.6 is 0 Å². The topological polar surface area (TPSA) is 99.1 Å². The molecule has 0 atom stereocenters. The lowest BCUT2D eigenvalue weighted by Crippen LogP contribution is -2.43. The molecule has 2 fully saturated rings. The molecule has 2 aliphatic carbocycles. The van der Waals surface area contributed by atoms with Gasteiger partial charge in [-0.1, -0.05) is 93.1 Å². The first kappa shape index (κ1) is 28.9. The minimum absolute atomic E-state index is 0.237. The van der Waals surface area contributed by atoms with Gasteiger partial charge < -0.3 is 9.67 Å². The number of imidazole rings is 1. The normalized spacial score (nSPS) is 16.7. The molecule has 224 valence electrons. The largest absolute Gasteiger partial charge is 0.478 e. The van der Waals surface area contributed by atoms with Gasteiger partial charge in [-0.15, -0.1) is 0 Å². The van der Waals surface area contributed by atoms with E-state index in [4.69, 9.17) is 10.1 Å². The monoisotopic (exact) mass is 580 g/mol. The molecule has 0 unspecified atom stereocenters. The molecule has 0 aliphatic heterocycles. The molecule has 1 N–H and O–H groups in total. The van der Waals surface area contributed by atoms with Gasteiger partial charge in [0.1, 0.15) is 5.82 Å². The van der Waals surface area contributed by atoms with E-state index in [2.05, 4.69) is 0 Å². The molecule has 0 saturated heterocycles. The number of aromatic nitrogens is 4. The molecule has 2 aliphatic rings. The van der Waals surface area contributed by atoms with E-state index in [0.29, 0.717) is 48.5 Å². The number of hydrogen-bond donors (Lipinski definition) is 1. The van der Waals surface area contributed by atoms with E-state index in [0.717, 1.165) is 61.3 Å². The predicted octanol–water partition coefficient (Wildman–Crippen LogP) is 6.33. The minimum atomic E-state index is -1.01. The van der Waals surface area contributed by atoms with Crippen LogP contribution in [-0.2, 0) is 24.4 Å². The Morgan fingerprint density at radius 2 is 1.40 bits per heavy atom. The fraction of sp³-hybridized carbons (Fsp3) is 0.429. The minimum Gasteiger partial charge on any atom is -0.478 e. The number of aliphatic carboxylic acids is 1. The molecule has 0 spiro atoms. The lowest BCUT2D eigenvalue weighted by molar-refractivity contribution is -0.131. The first-order valence-electron chi connectivity index (χ1n) is 15.8. The molecule has 2 aromatic carbocycles. The van der Waals surface area contributed by atoms with Crippen LogP contribution in [0.3, 0.4) is 0 Å². The van der Waals surface area contributed by atoms with Gasteiger partial charge in [0, 0.05) is 31.3 Å². The molecule has 8 nitrogen and oxygen atoms in total. The molecule has 0 amide bonds. The number of carbonyl (C=O) groups is 1. The van der Waals surface area contributed by atoms with Crippen molar-refractivity contribution in [3.63, 3.8) is 0 Å². The molecule has 2 aromatic heterocycles. The molecular weight excluding hydrogens is 540 g/mol. The van der Waals surface area contributed by atoms with Crippen LogP contribution in [0.2, 0.25) is 0 Å². The highest BCUT2D eigenvalue weighted by Crippen LogP contribution is 2.29. The van der Waals surface area contributed by atoms with Gasteiger partial charge in [-0.25, -0.2) is 14.6 Å². The lowest BCUT2D eigenvalue weighted by atomic mass is 9.89. The maximum atomic E-state index is 14.4. The number of carboxylic acid groups (broad SMARTS) is 1. The molecule has 0 bridgehead atoms. The molecular formula is C35H40N4O4. The van der Waals surface area contributed by atoms with Gasteiger partial charge in [-0.3, -0.25) is 13.9 Å². The summed E-state index contributed by atoms with van der Waals surface area (Å²) in [6.07, 6.45) is 14.0. The quantitative estimate of drug-likeness (QED) is 0.233. The third-order valence-corrected chi connectivity index (χ3v) is 9.22. The first-order valence-corrected chi connectivity index (χ1v) is 15.8. The average molecular weight is 581 g/mol. The van der Waals surface area contributed by atoms with E-state index in [1.807, 2.05) is 59.2 Å². The summed E-state index contributed by atoms with van der Waals surface area (Å²) in [6.45, 7) is 1.46. The number of nitrogens with zero attached hydrogens (tertiary/aromatic N) is 4. The summed E-state index contributed by atoms with van der Waals surface area (Å²) < 4.78 is 5.28. The van der Waals surface area contributed by atoms with Crippen LogP contribution in [0.15, 0.2) is 70.3 Å². The van der Waals surface area contributed by atoms with Crippen LogP contribution in [0, 0.1) is 11.8 Å². The highest BCUT2D eigenvalue weighted by Gasteiger charge is 2.26. The predicted molar refractivity (Wildman–Crippen MR) is 169 cm³/mol. The molecule has 2 heterocycles. The lowest BCUT2D eigenvalue weighted by Gasteiger charge is -2.25. The fourth-order valence-corrected chi connectivity index (χ4v) is 6.92. The number of hydrogen-bond acceptors (Lipinski definition) is 4. The summed E-state index contributed by atoms with van der Waals surface area (Å²) >= 11 is 0. The van der Waals surface area contributed by atoms with Crippen molar-refractivity contribution >= 4 is 23.2 Å². The van der Waals surface area contributed by atoms with Gasteiger partial charge >= 0.3 is 11.7 Å². The summed E-state index contributed by atoms with van der Waals surface area (Å²) in [7, 11) is 0. The van der Waals surface area contributed by atoms with Crippen molar-refractivity contribution in [2.75, 3.05) is 0 Å². The van der Waals surface area contributed by atoms with E-state index in [1.165, 1.54) is 30.3 Å². The van der Waals surface area contributed by atoms with Gasteiger partial charge in [0.05, 0.1) is 0 Å². The number of benzene rings is 2. The van der Waals surface area contributed by atoms with Gasteiger partial charge in [-0.2, -0.15) is 0 Å². The Kier molecular flexibility index (Phi) is 8.72. The summed E-state index contributed by atoms with van der Waals surface area (Å²) in [5.74, 6) is 0.334. The van der Waals surface area contributed by atoms with Crippen molar-refractivity contribution in [2.45, 2.75) is 83.8 Å². The Bertz CT molecular complexity index is 1720. The molecule has 0 radical (unpaired) electrons. The SMILES string of the molecule is O=C(O)/C=C/c1ccc(-c2nc3c(c(=O)n(CC4CCCCC4)c(=O)n3CC3CCCCC3)n2Cc2ccccc2)cc1. The highest BCUT2D eigenvalue weighted by molar-refractivity contribution is 5.85. The Morgan fingerprint density at radius 1 is 0.791 bits per heavy atom. The maximum Gasteiger partial charge on any atom is 0.332 e. The zero-order valence-corrected chi connectivity index (χ0v) is 24.7. The van der Waals surface area contributed by atoms with E-state index in [9.17, 15) is 14.4 Å². The van der Waals surface area contributed by atoms with Crippen molar-refractivity contribution in [1.29, 1.82) is 0 Å². The second-order valence-electron chi connectivity index (χ2n) is 12.3. The second kappa shape index (κ2) is 13.0. The molecule has 2 saturated carbocycles. The smallest absolute Gasteiger partial charge is 0.332 e.